The van der Waals surface area contributed by atoms with Crippen molar-refractivity contribution in [1.82, 2.24) is 14.9 Å². The van der Waals surface area contributed by atoms with Crippen molar-refractivity contribution < 1.29 is 19.4 Å². The minimum absolute atomic E-state index is 0.111. The number of fused-ring (bicyclic) bond motifs is 1. The van der Waals surface area contributed by atoms with Gasteiger partial charge in [0.25, 0.3) is 0 Å². The summed E-state index contributed by atoms with van der Waals surface area (Å²) < 4.78 is 11.8. The summed E-state index contributed by atoms with van der Waals surface area (Å²) in [5, 5.41) is 13.6. The molecule has 2 aliphatic rings. The van der Waals surface area contributed by atoms with Crippen LogP contribution in [0.3, 0.4) is 0 Å². The summed E-state index contributed by atoms with van der Waals surface area (Å²) in [6.07, 6.45) is 4.65. The Kier molecular flexibility index (Phi) is 5.99. The van der Waals surface area contributed by atoms with Crippen molar-refractivity contribution in [3.05, 3.63) is 6.20 Å². The fraction of sp³-hybridized carbons (Fsp3) is 0.650. The number of anilines is 2. The van der Waals surface area contributed by atoms with Crippen molar-refractivity contribution in [3.8, 4) is 5.75 Å². The molecule has 0 aromatic carbocycles. The number of hydrogen-bond acceptors (Lipinski definition) is 8. The second-order valence-corrected chi connectivity index (χ2v) is 9.21. The fourth-order valence-corrected chi connectivity index (χ4v) is 5.02. The zero-order valence-corrected chi connectivity index (χ0v) is 18.5. The Balaban J connectivity index is 1.53. The third-order valence-electron chi connectivity index (χ3n) is 6.01. The van der Waals surface area contributed by atoms with Gasteiger partial charge in [-0.1, -0.05) is 11.3 Å². The van der Waals surface area contributed by atoms with E-state index in [1.807, 2.05) is 6.92 Å². The highest BCUT2D eigenvalue weighted by molar-refractivity contribution is 7.23. The lowest BCUT2D eigenvalue weighted by molar-refractivity contribution is 0.00419. The lowest BCUT2D eigenvalue weighted by atomic mass is 9.83. The molecule has 1 saturated carbocycles. The molecule has 30 heavy (non-hydrogen) atoms. The molecule has 2 amide bonds. The van der Waals surface area contributed by atoms with E-state index in [0.717, 1.165) is 36.4 Å². The van der Waals surface area contributed by atoms with Gasteiger partial charge >= 0.3 is 6.03 Å². The van der Waals surface area contributed by atoms with Crippen LogP contribution in [0.1, 0.15) is 32.6 Å². The number of morpholine rings is 1. The van der Waals surface area contributed by atoms with Crippen molar-refractivity contribution in [2.45, 2.75) is 44.2 Å². The van der Waals surface area contributed by atoms with Gasteiger partial charge in [-0.25, -0.2) is 14.8 Å². The van der Waals surface area contributed by atoms with Gasteiger partial charge in [-0.05, 0) is 32.6 Å². The van der Waals surface area contributed by atoms with Gasteiger partial charge in [0, 0.05) is 26.2 Å². The monoisotopic (exact) mass is 435 g/mol. The first kappa shape index (κ1) is 21.1. The number of urea groups is 1. The zero-order valence-electron chi connectivity index (χ0n) is 17.7. The van der Waals surface area contributed by atoms with E-state index < -0.39 is 5.60 Å². The smallest absolute Gasteiger partial charge is 0.323 e. The average molecular weight is 436 g/mol. The van der Waals surface area contributed by atoms with Crippen LogP contribution in [0.25, 0.3) is 10.2 Å². The van der Waals surface area contributed by atoms with Gasteiger partial charge in [0.05, 0.1) is 32.1 Å². The Labute approximate surface area is 180 Å². The lowest BCUT2D eigenvalue weighted by Crippen LogP contribution is -2.44. The highest BCUT2D eigenvalue weighted by atomic mass is 32.1. The van der Waals surface area contributed by atoms with Crippen molar-refractivity contribution >= 4 is 38.5 Å². The average Bonchev–Trinajstić information content (AvgIpc) is 3.16. The molecule has 1 saturated heterocycles. The van der Waals surface area contributed by atoms with E-state index in [-0.39, 0.29) is 12.1 Å². The minimum Gasteiger partial charge on any atom is -0.493 e. The van der Waals surface area contributed by atoms with Crippen LogP contribution >= 0.6 is 11.3 Å². The summed E-state index contributed by atoms with van der Waals surface area (Å²) in [5.74, 6) is 1.43. The molecule has 0 unspecified atom stereocenters. The highest BCUT2D eigenvalue weighted by Crippen LogP contribution is 2.38. The first-order valence-corrected chi connectivity index (χ1v) is 11.1. The number of nitrogens with zero attached hydrogens (tertiary/aromatic N) is 4. The number of rotatable bonds is 4. The molecule has 1 aliphatic heterocycles. The molecular weight excluding hydrogens is 406 g/mol. The third kappa shape index (κ3) is 4.30. The van der Waals surface area contributed by atoms with Crippen molar-refractivity contribution in [2.75, 3.05) is 50.7 Å². The summed E-state index contributed by atoms with van der Waals surface area (Å²) in [6, 6.07) is -0.0832. The van der Waals surface area contributed by atoms with E-state index in [1.54, 1.807) is 25.3 Å². The predicted octanol–water partition coefficient (Wildman–Crippen LogP) is 2.69. The zero-order chi connectivity index (χ0) is 21.3. The lowest BCUT2D eigenvalue weighted by Gasteiger charge is -2.37. The van der Waals surface area contributed by atoms with Crippen molar-refractivity contribution in [1.29, 1.82) is 0 Å². The number of methoxy groups -OCH3 is 1. The maximum atomic E-state index is 12.8. The quantitative estimate of drug-likeness (QED) is 0.762. The number of hydrogen-bond donors (Lipinski definition) is 2. The molecule has 4 rings (SSSR count). The Hall–Kier alpha value is -2.17. The number of carbonyl (C=O) groups excluding carboxylic acids is 1. The molecular formula is C20H29N5O4S. The molecule has 9 nitrogen and oxygen atoms in total. The van der Waals surface area contributed by atoms with E-state index in [2.05, 4.69) is 20.2 Å². The summed E-state index contributed by atoms with van der Waals surface area (Å²) in [7, 11) is 3.39. The second kappa shape index (κ2) is 8.52. The number of nitrogens with one attached hydrogen (secondary N) is 1. The summed E-state index contributed by atoms with van der Waals surface area (Å²) in [5.41, 5.74) is 0.0750. The molecule has 0 atom stereocenters. The number of carbonyl (C=O) groups is 1. The molecule has 2 aromatic rings. The van der Waals surface area contributed by atoms with Gasteiger partial charge in [0.2, 0.25) is 0 Å². The molecule has 0 bridgehead atoms. The number of pyridine rings is 1. The van der Waals surface area contributed by atoms with E-state index in [0.29, 0.717) is 42.5 Å². The molecule has 2 aromatic heterocycles. The van der Waals surface area contributed by atoms with Gasteiger partial charge in [-0.3, -0.25) is 5.32 Å². The van der Waals surface area contributed by atoms with Crippen LogP contribution in [-0.2, 0) is 4.74 Å². The van der Waals surface area contributed by atoms with Gasteiger partial charge in [0.15, 0.2) is 10.9 Å². The number of amides is 2. The Morgan fingerprint density at radius 2 is 2.10 bits per heavy atom. The van der Waals surface area contributed by atoms with Gasteiger partial charge in [0.1, 0.15) is 16.0 Å². The van der Waals surface area contributed by atoms with Crippen LogP contribution in [0.15, 0.2) is 6.20 Å². The van der Waals surface area contributed by atoms with Crippen LogP contribution in [0.5, 0.6) is 5.75 Å². The Bertz CT molecular complexity index is 902. The van der Waals surface area contributed by atoms with Crippen LogP contribution in [-0.4, -0.2) is 78.1 Å². The molecule has 2 fully saturated rings. The van der Waals surface area contributed by atoms with E-state index in [1.165, 1.54) is 11.3 Å². The SMILES string of the molecule is COc1cnc(N2CCOCC2)c2sc(NC(=O)N(C)C3CCC(C)(O)CC3)nc12. The molecule has 3 heterocycles. The molecule has 1 aliphatic carbocycles. The maximum Gasteiger partial charge on any atom is 0.323 e. The number of aliphatic hydroxyl groups is 1. The summed E-state index contributed by atoms with van der Waals surface area (Å²) >= 11 is 1.40. The molecule has 2 N–H and O–H groups in total. The van der Waals surface area contributed by atoms with Crippen molar-refractivity contribution in [3.63, 3.8) is 0 Å². The van der Waals surface area contributed by atoms with E-state index in [4.69, 9.17) is 9.47 Å². The standard InChI is InChI=1S/C20H29N5O4S/c1-20(27)6-4-13(5-7-20)24(2)19(26)23-18-22-15-14(28-3)12-21-17(16(15)30-18)25-8-10-29-11-9-25/h12-13,27H,4-11H2,1-3H3,(H,22,23,26). The van der Waals surface area contributed by atoms with E-state index >= 15 is 0 Å². The Morgan fingerprint density at radius 1 is 1.40 bits per heavy atom. The van der Waals surface area contributed by atoms with Crippen LogP contribution < -0.4 is 15.0 Å². The van der Waals surface area contributed by atoms with Gasteiger partial charge in [-0.2, -0.15) is 0 Å². The van der Waals surface area contributed by atoms with Gasteiger partial charge < -0.3 is 24.4 Å². The van der Waals surface area contributed by atoms with Crippen LogP contribution in [0, 0.1) is 0 Å². The fourth-order valence-electron chi connectivity index (χ4n) is 4.04. The summed E-state index contributed by atoms with van der Waals surface area (Å²) in [6.45, 7) is 4.72. The second-order valence-electron chi connectivity index (χ2n) is 8.22. The number of aromatic nitrogens is 2. The number of ether oxygens (including phenoxy) is 2. The molecule has 0 radical (unpaired) electrons. The first-order chi connectivity index (χ1) is 14.4. The molecule has 10 heteroatoms. The first-order valence-electron chi connectivity index (χ1n) is 10.3. The van der Waals surface area contributed by atoms with Crippen LogP contribution in [0.2, 0.25) is 0 Å². The predicted molar refractivity (Wildman–Crippen MR) is 117 cm³/mol. The normalized spacial score (nSPS) is 24.7. The van der Waals surface area contributed by atoms with Crippen molar-refractivity contribution in [2.24, 2.45) is 0 Å². The number of thiazole rings is 1. The molecule has 0 spiro atoms. The minimum atomic E-state index is -0.625. The maximum absolute atomic E-state index is 12.8. The van der Waals surface area contributed by atoms with Crippen LogP contribution in [0.4, 0.5) is 15.7 Å². The van der Waals surface area contributed by atoms with Gasteiger partial charge in [-0.15, -0.1) is 0 Å². The van der Waals surface area contributed by atoms with E-state index in [9.17, 15) is 9.90 Å². The Morgan fingerprint density at radius 3 is 2.77 bits per heavy atom. The highest BCUT2D eigenvalue weighted by Gasteiger charge is 2.32. The largest absolute Gasteiger partial charge is 0.493 e. The third-order valence-corrected chi connectivity index (χ3v) is 6.98. The topological polar surface area (TPSA) is 100 Å². The summed E-state index contributed by atoms with van der Waals surface area (Å²) in [4.78, 5) is 25.9. The molecule has 164 valence electrons.